The Morgan fingerprint density at radius 2 is 1.81 bits per heavy atom. The van der Waals surface area contributed by atoms with Crippen LogP contribution in [0.4, 0.5) is 9.18 Å². The minimum absolute atomic E-state index is 0.0705. The van der Waals surface area contributed by atoms with Crippen LogP contribution in [0.3, 0.4) is 0 Å². The molecule has 0 aromatic heterocycles. The number of sulfone groups is 1. The lowest BCUT2D eigenvalue weighted by Gasteiger charge is -2.19. The molecule has 21 heavy (non-hydrogen) atoms. The van der Waals surface area contributed by atoms with Gasteiger partial charge in [0, 0.05) is 6.54 Å². The number of nitrogens with one attached hydrogen (secondary N) is 1. The van der Waals surface area contributed by atoms with Crippen molar-refractivity contribution in [1.82, 2.24) is 5.32 Å². The molecule has 1 N–H and O–H groups in total. The monoisotopic (exact) mass is 317 g/mol. The first-order chi connectivity index (χ1) is 9.60. The SMILES string of the molecule is CC(C)(C)OC(=O)NCCCS(=O)(=O)c1ccc(F)cc1. The molecule has 0 fully saturated rings. The third-order valence-electron chi connectivity index (χ3n) is 2.43. The Hall–Kier alpha value is -1.63. The third-order valence-corrected chi connectivity index (χ3v) is 4.25. The topological polar surface area (TPSA) is 72.5 Å². The van der Waals surface area contributed by atoms with Gasteiger partial charge in [-0.3, -0.25) is 0 Å². The zero-order chi connectivity index (χ0) is 16.1. The van der Waals surface area contributed by atoms with Gasteiger partial charge in [0.15, 0.2) is 9.84 Å². The van der Waals surface area contributed by atoms with E-state index in [4.69, 9.17) is 4.74 Å². The molecule has 0 spiro atoms. The first kappa shape index (κ1) is 17.4. The fraction of sp³-hybridized carbons (Fsp3) is 0.500. The Bertz CT molecular complexity index is 576. The number of rotatable bonds is 5. The Morgan fingerprint density at radius 3 is 2.33 bits per heavy atom. The van der Waals surface area contributed by atoms with Crippen LogP contribution in [-0.4, -0.2) is 32.4 Å². The molecule has 7 heteroatoms. The summed E-state index contributed by atoms with van der Waals surface area (Å²) in [5.41, 5.74) is -0.593. The van der Waals surface area contributed by atoms with Gasteiger partial charge in [0.2, 0.25) is 0 Å². The van der Waals surface area contributed by atoms with E-state index in [0.29, 0.717) is 0 Å². The number of carbonyl (C=O) groups excluding carboxylic acids is 1. The van der Waals surface area contributed by atoms with E-state index in [0.717, 1.165) is 12.1 Å². The molecule has 0 atom stereocenters. The lowest BCUT2D eigenvalue weighted by Crippen LogP contribution is -2.33. The summed E-state index contributed by atoms with van der Waals surface area (Å²) in [5, 5.41) is 2.49. The molecular weight excluding hydrogens is 297 g/mol. The molecule has 1 amide bonds. The number of hydrogen-bond acceptors (Lipinski definition) is 4. The van der Waals surface area contributed by atoms with Gasteiger partial charge < -0.3 is 10.1 Å². The molecule has 0 aliphatic rings. The number of amides is 1. The van der Waals surface area contributed by atoms with Gasteiger partial charge in [-0.1, -0.05) is 0 Å². The van der Waals surface area contributed by atoms with Crippen LogP contribution in [0.25, 0.3) is 0 Å². The predicted octanol–water partition coefficient (Wildman–Crippen LogP) is 2.51. The summed E-state index contributed by atoms with van der Waals surface area (Å²) in [6.07, 6.45) is -0.333. The van der Waals surface area contributed by atoms with Crippen molar-refractivity contribution in [2.75, 3.05) is 12.3 Å². The van der Waals surface area contributed by atoms with Crippen molar-refractivity contribution in [3.05, 3.63) is 30.1 Å². The lowest BCUT2D eigenvalue weighted by molar-refractivity contribution is 0.0528. The highest BCUT2D eigenvalue weighted by molar-refractivity contribution is 7.91. The zero-order valence-electron chi connectivity index (χ0n) is 12.3. The summed E-state index contributed by atoms with van der Waals surface area (Å²) in [6, 6.07) is 4.66. The van der Waals surface area contributed by atoms with Gasteiger partial charge in [0.25, 0.3) is 0 Å². The first-order valence-electron chi connectivity index (χ1n) is 6.55. The summed E-state index contributed by atoms with van der Waals surface area (Å²) in [7, 11) is -3.47. The summed E-state index contributed by atoms with van der Waals surface area (Å²) in [5.74, 6) is -0.616. The molecule has 0 unspecified atom stereocenters. The van der Waals surface area contributed by atoms with Crippen LogP contribution in [0, 0.1) is 5.82 Å². The number of halogens is 1. The highest BCUT2D eigenvalue weighted by Gasteiger charge is 2.17. The van der Waals surface area contributed by atoms with E-state index in [-0.39, 0.29) is 23.6 Å². The first-order valence-corrected chi connectivity index (χ1v) is 8.20. The molecule has 1 aromatic carbocycles. The van der Waals surface area contributed by atoms with Gasteiger partial charge >= 0.3 is 6.09 Å². The maximum Gasteiger partial charge on any atom is 0.407 e. The standard InChI is InChI=1S/C14H20FNO4S/c1-14(2,3)20-13(17)16-9-4-10-21(18,19)12-7-5-11(15)6-8-12/h5-8H,4,9-10H2,1-3H3,(H,16,17). The highest BCUT2D eigenvalue weighted by atomic mass is 32.2. The fourth-order valence-corrected chi connectivity index (χ4v) is 2.84. The van der Waals surface area contributed by atoms with Crippen molar-refractivity contribution in [2.45, 2.75) is 37.7 Å². The summed E-state index contributed by atoms with van der Waals surface area (Å²) in [6.45, 7) is 5.41. The van der Waals surface area contributed by atoms with E-state index >= 15 is 0 Å². The average molecular weight is 317 g/mol. The highest BCUT2D eigenvalue weighted by Crippen LogP contribution is 2.12. The lowest BCUT2D eigenvalue weighted by atomic mass is 10.2. The molecule has 1 aromatic rings. The van der Waals surface area contributed by atoms with E-state index in [1.54, 1.807) is 20.8 Å². The number of benzene rings is 1. The van der Waals surface area contributed by atoms with E-state index < -0.39 is 27.3 Å². The van der Waals surface area contributed by atoms with Gasteiger partial charge in [-0.15, -0.1) is 0 Å². The minimum atomic E-state index is -3.47. The molecule has 0 aliphatic heterocycles. The number of alkyl carbamates (subject to hydrolysis) is 1. The summed E-state index contributed by atoms with van der Waals surface area (Å²) >= 11 is 0. The summed E-state index contributed by atoms with van der Waals surface area (Å²) < 4.78 is 41.7. The largest absolute Gasteiger partial charge is 0.444 e. The molecule has 5 nitrogen and oxygen atoms in total. The van der Waals surface area contributed by atoms with E-state index in [9.17, 15) is 17.6 Å². The maximum absolute atomic E-state index is 12.7. The van der Waals surface area contributed by atoms with Gasteiger partial charge in [-0.2, -0.15) is 0 Å². The third kappa shape index (κ3) is 6.57. The van der Waals surface area contributed by atoms with E-state index in [2.05, 4.69) is 5.32 Å². The molecule has 0 heterocycles. The second kappa shape index (κ2) is 6.89. The van der Waals surface area contributed by atoms with Crippen molar-refractivity contribution in [1.29, 1.82) is 0 Å². The number of carbonyl (C=O) groups is 1. The van der Waals surface area contributed by atoms with Crippen molar-refractivity contribution in [3.63, 3.8) is 0 Å². The molecule has 118 valence electrons. The van der Waals surface area contributed by atoms with Crippen LogP contribution in [0.2, 0.25) is 0 Å². The second-order valence-electron chi connectivity index (χ2n) is 5.56. The molecule has 1 rings (SSSR count). The second-order valence-corrected chi connectivity index (χ2v) is 7.66. The van der Waals surface area contributed by atoms with Crippen molar-refractivity contribution in [3.8, 4) is 0 Å². The quantitative estimate of drug-likeness (QED) is 0.669. The summed E-state index contributed by atoms with van der Waals surface area (Å²) in [4.78, 5) is 11.4. The van der Waals surface area contributed by atoms with Crippen LogP contribution >= 0.6 is 0 Å². The van der Waals surface area contributed by atoms with Crippen LogP contribution in [0.5, 0.6) is 0 Å². The van der Waals surface area contributed by atoms with Gasteiger partial charge in [-0.05, 0) is 51.5 Å². The van der Waals surface area contributed by atoms with Crippen LogP contribution in [0.1, 0.15) is 27.2 Å². The maximum atomic E-state index is 12.7. The van der Waals surface area contributed by atoms with E-state index in [1.165, 1.54) is 12.1 Å². The molecule has 0 aliphatic carbocycles. The molecule has 0 radical (unpaired) electrons. The zero-order valence-corrected chi connectivity index (χ0v) is 13.2. The molecule has 0 bridgehead atoms. The van der Waals surface area contributed by atoms with Gasteiger partial charge in [-0.25, -0.2) is 17.6 Å². The Kier molecular flexibility index (Phi) is 5.71. The molecular formula is C14H20FNO4S. The number of hydrogen-bond donors (Lipinski definition) is 1. The Morgan fingerprint density at radius 1 is 1.24 bits per heavy atom. The Balaban J connectivity index is 2.41. The van der Waals surface area contributed by atoms with Gasteiger partial charge in [0.1, 0.15) is 11.4 Å². The van der Waals surface area contributed by atoms with Crippen molar-refractivity contribution >= 4 is 15.9 Å². The molecule has 0 saturated heterocycles. The number of ether oxygens (including phenoxy) is 1. The predicted molar refractivity (Wildman–Crippen MR) is 77.3 cm³/mol. The van der Waals surface area contributed by atoms with E-state index in [1.807, 2.05) is 0 Å². The molecule has 0 saturated carbocycles. The van der Waals surface area contributed by atoms with Crippen molar-refractivity contribution < 1.29 is 22.3 Å². The Labute approximate surface area is 124 Å². The van der Waals surface area contributed by atoms with Crippen LogP contribution in [-0.2, 0) is 14.6 Å². The van der Waals surface area contributed by atoms with Gasteiger partial charge in [0.05, 0.1) is 10.6 Å². The average Bonchev–Trinajstić information content (AvgIpc) is 2.33. The smallest absolute Gasteiger partial charge is 0.407 e. The van der Waals surface area contributed by atoms with Crippen molar-refractivity contribution in [2.24, 2.45) is 0 Å². The van der Waals surface area contributed by atoms with Crippen LogP contribution in [0.15, 0.2) is 29.2 Å². The normalized spacial score (nSPS) is 12.0. The van der Waals surface area contributed by atoms with Crippen LogP contribution < -0.4 is 5.32 Å². The minimum Gasteiger partial charge on any atom is -0.444 e. The fourth-order valence-electron chi connectivity index (χ4n) is 1.53.